The molecule has 4 rings (SSSR count). The minimum absolute atomic E-state index is 0.241. The van der Waals surface area contributed by atoms with Crippen molar-refractivity contribution in [3.05, 3.63) is 22.1 Å². The molecule has 3 heteroatoms. The molecule has 3 saturated carbocycles. The summed E-state index contributed by atoms with van der Waals surface area (Å²) in [6, 6.07) is 2.36. The van der Waals surface area contributed by atoms with E-state index in [2.05, 4.69) is 9.78 Å². The number of nitrogens with zero attached hydrogens (tertiary/aromatic N) is 1. The molecule has 0 radical (unpaired) electrons. The van der Waals surface area contributed by atoms with Crippen molar-refractivity contribution in [2.75, 3.05) is 0 Å². The second-order valence-corrected chi connectivity index (χ2v) is 8.78. The molecule has 3 aliphatic rings. The van der Waals surface area contributed by atoms with Crippen molar-refractivity contribution in [1.82, 2.24) is 9.78 Å². The fourth-order valence-corrected chi connectivity index (χ4v) is 5.89. The van der Waals surface area contributed by atoms with Gasteiger partial charge in [0.25, 0.3) is 5.56 Å². The largest absolute Gasteiger partial charge is 0.299 e. The highest BCUT2D eigenvalue weighted by molar-refractivity contribution is 5.03. The first-order chi connectivity index (χ1) is 11.8. The second-order valence-electron chi connectivity index (χ2n) is 8.78. The van der Waals surface area contributed by atoms with Gasteiger partial charge in [-0.2, -0.15) is 0 Å². The summed E-state index contributed by atoms with van der Waals surface area (Å²) in [4.78, 5) is 12.8. The van der Waals surface area contributed by atoms with Crippen molar-refractivity contribution in [2.24, 2.45) is 17.8 Å². The lowest BCUT2D eigenvalue weighted by Gasteiger charge is -2.34. The molecular formula is C21H34N2O. The molecule has 1 heterocycles. The van der Waals surface area contributed by atoms with Crippen molar-refractivity contribution >= 4 is 0 Å². The van der Waals surface area contributed by atoms with E-state index in [-0.39, 0.29) is 5.56 Å². The van der Waals surface area contributed by atoms with Gasteiger partial charge >= 0.3 is 0 Å². The van der Waals surface area contributed by atoms with Gasteiger partial charge < -0.3 is 0 Å². The lowest BCUT2D eigenvalue weighted by molar-refractivity contribution is 0.166. The molecule has 0 aliphatic heterocycles. The van der Waals surface area contributed by atoms with E-state index < -0.39 is 0 Å². The molecule has 1 aromatic rings. The van der Waals surface area contributed by atoms with Gasteiger partial charge in [-0.05, 0) is 49.9 Å². The average molecular weight is 331 g/mol. The van der Waals surface area contributed by atoms with Crippen molar-refractivity contribution < 1.29 is 0 Å². The summed E-state index contributed by atoms with van der Waals surface area (Å²) in [5, 5.41) is 3.59. The highest BCUT2D eigenvalue weighted by Gasteiger charge is 2.35. The highest BCUT2D eigenvalue weighted by atomic mass is 16.1. The lowest BCUT2D eigenvalue weighted by Crippen LogP contribution is -2.33. The summed E-state index contributed by atoms with van der Waals surface area (Å²) in [5.41, 5.74) is 1.44. The number of hydrogen-bond acceptors (Lipinski definition) is 1. The maximum absolute atomic E-state index is 12.8. The van der Waals surface area contributed by atoms with Gasteiger partial charge in [-0.15, -0.1) is 0 Å². The van der Waals surface area contributed by atoms with E-state index in [1.165, 1.54) is 89.2 Å². The van der Waals surface area contributed by atoms with E-state index in [0.29, 0.717) is 6.04 Å². The molecule has 1 aromatic heterocycles. The summed E-state index contributed by atoms with van der Waals surface area (Å²) in [6.45, 7) is 0. The molecule has 0 saturated heterocycles. The van der Waals surface area contributed by atoms with Crippen molar-refractivity contribution in [3.8, 4) is 0 Å². The Morgan fingerprint density at radius 3 is 2.04 bits per heavy atom. The molecule has 0 spiro atoms. The van der Waals surface area contributed by atoms with Gasteiger partial charge in [-0.25, -0.2) is 4.68 Å². The van der Waals surface area contributed by atoms with Gasteiger partial charge in [0.1, 0.15) is 0 Å². The third-order valence-corrected chi connectivity index (χ3v) is 7.10. The van der Waals surface area contributed by atoms with Crippen LogP contribution in [0.1, 0.15) is 95.2 Å². The molecule has 24 heavy (non-hydrogen) atoms. The van der Waals surface area contributed by atoms with Crippen LogP contribution in [0.25, 0.3) is 0 Å². The number of rotatable bonds is 5. The average Bonchev–Trinajstić information content (AvgIpc) is 3.33. The summed E-state index contributed by atoms with van der Waals surface area (Å²) in [7, 11) is 0. The van der Waals surface area contributed by atoms with E-state index in [1.54, 1.807) is 0 Å². The summed E-state index contributed by atoms with van der Waals surface area (Å²) in [6.07, 6.45) is 18.7. The standard InChI is InChI=1S/C21H34N2O/c24-20-15-19(14-16-8-4-5-9-16)22-23(20)21(18-12-6-7-13-18)17-10-2-1-3-11-17/h15-18,21-22H,1-14H2. The molecule has 0 bridgehead atoms. The van der Waals surface area contributed by atoms with Crippen molar-refractivity contribution in [3.63, 3.8) is 0 Å². The summed E-state index contributed by atoms with van der Waals surface area (Å²) in [5.74, 6) is 2.25. The number of H-pyrrole nitrogens is 1. The number of aromatic amines is 1. The van der Waals surface area contributed by atoms with Gasteiger partial charge in [0.05, 0.1) is 6.04 Å². The first-order valence-electron chi connectivity index (χ1n) is 10.6. The molecule has 1 atom stereocenters. The molecule has 1 N–H and O–H groups in total. The topological polar surface area (TPSA) is 37.8 Å². The predicted octanol–water partition coefficient (Wildman–Crippen LogP) is 5.22. The zero-order chi connectivity index (χ0) is 16.4. The summed E-state index contributed by atoms with van der Waals surface area (Å²) >= 11 is 0. The predicted molar refractivity (Wildman–Crippen MR) is 98.3 cm³/mol. The van der Waals surface area contributed by atoms with Crippen LogP contribution in [0.4, 0.5) is 0 Å². The third-order valence-electron chi connectivity index (χ3n) is 7.10. The molecule has 3 aliphatic carbocycles. The van der Waals surface area contributed by atoms with E-state index in [1.807, 2.05) is 6.07 Å². The number of nitrogens with one attached hydrogen (secondary N) is 1. The Balaban J connectivity index is 1.56. The van der Waals surface area contributed by atoms with Crippen molar-refractivity contribution in [2.45, 2.75) is 95.9 Å². The van der Waals surface area contributed by atoms with E-state index in [9.17, 15) is 4.79 Å². The fraction of sp³-hybridized carbons (Fsp3) is 0.857. The minimum atomic E-state index is 0.241. The van der Waals surface area contributed by atoms with Crippen LogP contribution < -0.4 is 5.56 Å². The van der Waals surface area contributed by atoms with Crippen LogP contribution in [0.15, 0.2) is 10.9 Å². The van der Waals surface area contributed by atoms with Gasteiger partial charge in [0.2, 0.25) is 0 Å². The Morgan fingerprint density at radius 1 is 0.875 bits per heavy atom. The first kappa shape index (κ1) is 16.5. The number of hydrogen-bond donors (Lipinski definition) is 1. The Labute approximate surface area is 146 Å². The quantitative estimate of drug-likeness (QED) is 0.789. The molecule has 134 valence electrons. The zero-order valence-corrected chi connectivity index (χ0v) is 15.1. The van der Waals surface area contributed by atoms with E-state index in [0.717, 1.165) is 24.2 Å². The van der Waals surface area contributed by atoms with Crippen LogP contribution in [0, 0.1) is 17.8 Å². The van der Waals surface area contributed by atoms with Crippen LogP contribution in [0.5, 0.6) is 0 Å². The van der Waals surface area contributed by atoms with Crippen LogP contribution in [0.3, 0.4) is 0 Å². The minimum Gasteiger partial charge on any atom is -0.299 e. The van der Waals surface area contributed by atoms with E-state index >= 15 is 0 Å². The lowest BCUT2D eigenvalue weighted by atomic mass is 9.78. The monoisotopic (exact) mass is 330 g/mol. The van der Waals surface area contributed by atoms with Gasteiger partial charge in [0, 0.05) is 11.8 Å². The molecule has 3 fully saturated rings. The Morgan fingerprint density at radius 2 is 1.42 bits per heavy atom. The molecule has 0 amide bonds. The highest BCUT2D eigenvalue weighted by Crippen LogP contribution is 2.43. The number of aromatic nitrogens is 2. The maximum Gasteiger partial charge on any atom is 0.266 e. The smallest absolute Gasteiger partial charge is 0.266 e. The van der Waals surface area contributed by atoms with Crippen LogP contribution in [-0.4, -0.2) is 9.78 Å². The Hall–Kier alpha value is -0.990. The van der Waals surface area contributed by atoms with Crippen LogP contribution in [0.2, 0.25) is 0 Å². The summed E-state index contributed by atoms with van der Waals surface area (Å²) < 4.78 is 2.08. The van der Waals surface area contributed by atoms with Gasteiger partial charge in [-0.1, -0.05) is 57.8 Å². The first-order valence-corrected chi connectivity index (χ1v) is 10.6. The molecule has 1 unspecified atom stereocenters. The molecular weight excluding hydrogens is 296 g/mol. The Bertz CT molecular complexity index is 569. The third kappa shape index (κ3) is 3.50. The SMILES string of the molecule is O=c1cc(CC2CCCC2)[nH]n1C(C1CCCCC1)C1CCCC1. The molecule has 3 nitrogen and oxygen atoms in total. The van der Waals surface area contributed by atoms with Crippen LogP contribution >= 0.6 is 0 Å². The van der Waals surface area contributed by atoms with Crippen LogP contribution in [-0.2, 0) is 6.42 Å². The van der Waals surface area contributed by atoms with Gasteiger partial charge in [-0.3, -0.25) is 9.89 Å². The van der Waals surface area contributed by atoms with Crippen molar-refractivity contribution in [1.29, 1.82) is 0 Å². The normalized spacial score (nSPS) is 25.5. The van der Waals surface area contributed by atoms with Gasteiger partial charge in [0.15, 0.2) is 0 Å². The Kier molecular flexibility index (Phi) is 5.14. The molecule has 0 aromatic carbocycles. The maximum atomic E-state index is 12.8. The fourth-order valence-electron chi connectivity index (χ4n) is 5.89. The second kappa shape index (κ2) is 7.49. The zero-order valence-electron chi connectivity index (χ0n) is 15.1. The van der Waals surface area contributed by atoms with E-state index in [4.69, 9.17) is 0 Å².